The molecule has 6 atom stereocenters. The molecule has 2 aromatic heterocycles. The van der Waals surface area contributed by atoms with Gasteiger partial charge in [0.25, 0.3) is 5.56 Å². The van der Waals surface area contributed by atoms with E-state index in [2.05, 4.69) is 18.1 Å². The minimum atomic E-state index is -5.86. The lowest BCUT2D eigenvalue weighted by atomic mass is 10.0. The van der Waals surface area contributed by atoms with E-state index in [1.807, 2.05) is 0 Å². The van der Waals surface area contributed by atoms with E-state index in [1.165, 1.54) is 18.2 Å². The first-order chi connectivity index (χ1) is 21.2. The Labute approximate surface area is 254 Å². The summed E-state index contributed by atoms with van der Waals surface area (Å²) in [5.41, 5.74) is -3.40. The number of nitrogens with zero attached hydrogens (tertiary/aromatic N) is 3. The zero-order chi connectivity index (χ0) is 34.2. The lowest BCUT2D eigenvalue weighted by molar-refractivity contribution is -0.141. The van der Waals surface area contributed by atoms with Crippen molar-refractivity contribution in [3.05, 3.63) is 87.0 Å². The smallest absolute Gasteiger partial charge is 0.387 e. The van der Waals surface area contributed by atoms with Gasteiger partial charge in [-0.3, -0.25) is 18.5 Å². The summed E-state index contributed by atoms with van der Waals surface area (Å²) in [6.07, 6.45) is -11.6. The number of aliphatic hydroxyl groups is 2. The third kappa shape index (κ3) is 8.93. The van der Waals surface area contributed by atoms with Crippen LogP contribution in [0.25, 0.3) is 11.1 Å². The fourth-order valence-electron chi connectivity index (χ4n) is 4.21. The number of halogens is 3. The van der Waals surface area contributed by atoms with Crippen molar-refractivity contribution in [1.82, 2.24) is 14.1 Å². The van der Waals surface area contributed by atoms with Gasteiger partial charge in [0.1, 0.15) is 24.0 Å². The van der Waals surface area contributed by atoms with Gasteiger partial charge in [-0.25, -0.2) is 23.5 Å². The quantitative estimate of drug-likeness (QED) is 0.152. The summed E-state index contributed by atoms with van der Waals surface area (Å²) < 4.78 is 93.1. The SMILES string of the molecule is O=c1ccn([C@@H]2O[C@H](COP(=O)(O)OP(=O)(O)OP(=O)(O)O)C(O)C2O)c(=O)n1Cc1cc(-c2ccccc2)cc(C(F)(F)F)n1. The van der Waals surface area contributed by atoms with E-state index < -0.39 is 84.3 Å². The number of benzene rings is 1. The number of ether oxygens (including phenoxy) is 1. The Kier molecular flexibility index (Phi) is 10.4. The molecule has 3 aromatic rings. The maximum atomic E-state index is 13.6. The Morgan fingerprint density at radius 3 is 2.15 bits per heavy atom. The van der Waals surface area contributed by atoms with Gasteiger partial charge in [-0.1, -0.05) is 30.3 Å². The zero-order valence-corrected chi connectivity index (χ0v) is 25.3. The van der Waals surface area contributed by atoms with Crippen LogP contribution in [0, 0.1) is 0 Å². The molecule has 1 saturated heterocycles. The summed E-state index contributed by atoms with van der Waals surface area (Å²) in [4.78, 5) is 65.5. The van der Waals surface area contributed by atoms with Crippen molar-refractivity contribution in [1.29, 1.82) is 0 Å². The molecule has 46 heavy (non-hydrogen) atoms. The lowest BCUT2D eigenvalue weighted by Crippen LogP contribution is -2.43. The average Bonchev–Trinajstić information content (AvgIpc) is 3.21. The van der Waals surface area contributed by atoms with Crippen LogP contribution in [-0.4, -0.2) is 68.8 Å². The molecule has 1 aliphatic heterocycles. The molecular weight excluding hydrogens is 696 g/mol. The number of phosphoric acid groups is 3. The molecule has 4 unspecified atom stereocenters. The van der Waals surface area contributed by atoms with Crippen molar-refractivity contribution < 1.29 is 74.5 Å². The molecule has 4 rings (SSSR count). The first kappa shape index (κ1) is 36.0. The number of pyridine rings is 1. The second-order valence-corrected chi connectivity index (χ2v) is 13.9. The van der Waals surface area contributed by atoms with Crippen LogP contribution < -0.4 is 11.2 Å². The van der Waals surface area contributed by atoms with Gasteiger partial charge in [-0.15, -0.1) is 0 Å². The summed E-state index contributed by atoms with van der Waals surface area (Å²) in [5, 5.41) is 20.9. The topological polar surface area (TPSA) is 266 Å². The second-order valence-electron chi connectivity index (χ2n) is 9.46. The third-order valence-corrected chi connectivity index (χ3v) is 9.92. The molecule has 252 valence electrons. The number of alkyl halides is 3. The molecule has 0 radical (unpaired) electrons. The fourth-order valence-corrected chi connectivity index (χ4v) is 7.24. The van der Waals surface area contributed by atoms with Crippen LogP contribution >= 0.6 is 23.5 Å². The zero-order valence-electron chi connectivity index (χ0n) is 22.6. The summed E-state index contributed by atoms with van der Waals surface area (Å²) in [6.45, 7) is -1.97. The number of hydrogen-bond donors (Lipinski definition) is 6. The fraction of sp³-hybridized carbons (Fsp3) is 0.318. The van der Waals surface area contributed by atoms with Gasteiger partial charge < -0.3 is 34.5 Å². The molecule has 0 bridgehead atoms. The Hall–Kier alpha value is -2.87. The van der Waals surface area contributed by atoms with E-state index >= 15 is 0 Å². The number of aromatic nitrogens is 3. The minimum Gasteiger partial charge on any atom is -0.387 e. The molecule has 24 heteroatoms. The highest BCUT2D eigenvalue weighted by atomic mass is 31.3. The summed E-state index contributed by atoms with van der Waals surface area (Å²) in [6, 6.07) is 10.7. The van der Waals surface area contributed by atoms with Crippen molar-refractivity contribution in [2.75, 3.05) is 6.61 Å². The average molecular weight is 719 g/mol. The second kappa shape index (κ2) is 13.3. The normalized spacial score (nSPS) is 23.2. The lowest BCUT2D eigenvalue weighted by Gasteiger charge is -2.19. The monoisotopic (exact) mass is 719 g/mol. The summed E-state index contributed by atoms with van der Waals surface area (Å²) in [7, 11) is -17.2. The standard InChI is InChI=1S/C22H23F3N3O15P3/c23-22(24,25)16-9-13(12-4-2-1-3-5-12)8-14(26-16)10-28-17(29)6-7-27(21(28)32)20-19(31)18(30)15(41-20)11-40-45(36,37)43-46(38,39)42-44(33,34)35/h1-9,15,18-20,30-31H,10-11H2,(H,36,37)(H,38,39)(H2,33,34,35)/t15-,18?,19?,20-/m1/s1. The largest absolute Gasteiger partial charge is 0.490 e. The Morgan fingerprint density at radius 2 is 1.54 bits per heavy atom. The van der Waals surface area contributed by atoms with Crippen LogP contribution in [0.1, 0.15) is 17.6 Å². The van der Waals surface area contributed by atoms with Crippen LogP contribution in [-0.2, 0) is 44.3 Å². The predicted octanol–water partition coefficient (Wildman–Crippen LogP) is 1.10. The van der Waals surface area contributed by atoms with Crippen molar-refractivity contribution >= 4 is 23.5 Å². The van der Waals surface area contributed by atoms with Crippen LogP contribution in [0.5, 0.6) is 0 Å². The maximum Gasteiger partial charge on any atom is 0.490 e. The predicted molar refractivity (Wildman–Crippen MR) is 144 cm³/mol. The van der Waals surface area contributed by atoms with Crippen molar-refractivity contribution in [3.8, 4) is 11.1 Å². The Bertz CT molecular complexity index is 1850. The molecule has 3 heterocycles. The summed E-state index contributed by atoms with van der Waals surface area (Å²) in [5.74, 6) is 0. The highest BCUT2D eigenvalue weighted by Crippen LogP contribution is 2.66. The van der Waals surface area contributed by atoms with Gasteiger partial charge in [0.05, 0.1) is 18.8 Å². The van der Waals surface area contributed by atoms with E-state index in [0.29, 0.717) is 14.7 Å². The van der Waals surface area contributed by atoms with Crippen molar-refractivity contribution in [3.63, 3.8) is 0 Å². The van der Waals surface area contributed by atoms with Crippen LogP contribution in [0.4, 0.5) is 13.2 Å². The van der Waals surface area contributed by atoms with Gasteiger partial charge in [0.2, 0.25) is 0 Å². The first-order valence-corrected chi connectivity index (χ1v) is 16.9. The molecule has 0 saturated carbocycles. The van der Waals surface area contributed by atoms with Crippen LogP contribution in [0.2, 0.25) is 0 Å². The maximum absolute atomic E-state index is 13.6. The molecule has 1 aliphatic rings. The van der Waals surface area contributed by atoms with Gasteiger partial charge in [0, 0.05) is 12.3 Å². The van der Waals surface area contributed by atoms with Gasteiger partial charge in [0.15, 0.2) is 6.23 Å². The molecule has 18 nitrogen and oxygen atoms in total. The third-order valence-electron chi connectivity index (χ3n) is 6.12. The van der Waals surface area contributed by atoms with E-state index in [9.17, 15) is 56.5 Å². The molecule has 1 fully saturated rings. The molecular formula is C22H23F3N3O15P3. The van der Waals surface area contributed by atoms with E-state index in [0.717, 1.165) is 18.3 Å². The molecule has 0 amide bonds. The Balaban J connectivity index is 1.57. The van der Waals surface area contributed by atoms with Crippen molar-refractivity contribution in [2.24, 2.45) is 0 Å². The van der Waals surface area contributed by atoms with Crippen LogP contribution in [0.3, 0.4) is 0 Å². The highest BCUT2D eigenvalue weighted by molar-refractivity contribution is 7.66. The molecule has 1 aromatic carbocycles. The number of rotatable bonds is 11. The number of hydrogen-bond acceptors (Lipinski definition) is 12. The minimum absolute atomic E-state index is 0.0822. The van der Waals surface area contributed by atoms with Gasteiger partial charge in [-0.05, 0) is 23.3 Å². The molecule has 6 N–H and O–H groups in total. The van der Waals surface area contributed by atoms with Gasteiger partial charge >= 0.3 is 35.3 Å². The van der Waals surface area contributed by atoms with E-state index in [1.54, 1.807) is 18.2 Å². The van der Waals surface area contributed by atoms with E-state index in [-0.39, 0.29) is 11.3 Å². The first-order valence-electron chi connectivity index (χ1n) is 12.4. The van der Waals surface area contributed by atoms with Crippen LogP contribution in [0.15, 0.2) is 64.3 Å². The summed E-state index contributed by atoms with van der Waals surface area (Å²) >= 11 is 0. The number of aliphatic hydroxyl groups excluding tert-OH is 2. The van der Waals surface area contributed by atoms with Crippen molar-refractivity contribution in [2.45, 2.75) is 37.3 Å². The highest BCUT2D eigenvalue weighted by Gasteiger charge is 2.47. The number of phosphoric ester groups is 1. The van der Waals surface area contributed by atoms with Gasteiger partial charge in [-0.2, -0.15) is 21.8 Å². The molecule has 0 spiro atoms. The van der Waals surface area contributed by atoms with E-state index in [4.69, 9.17) is 14.5 Å². The Morgan fingerprint density at radius 1 is 0.891 bits per heavy atom. The molecule has 0 aliphatic carbocycles.